The number of carbonyl (C=O) groups is 2. The van der Waals surface area contributed by atoms with E-state index in [4.69, 9.17) is 9.47 Å². The van der Waals surface area contributed by atoms with Gasteiger partial charge in [0.15, 0.2) is 0 Å². The van der Waals surface area contributed by atoms with Crippen molar-refractivity contribution in [2.45, 2.75) is 57.9 Å². The molecule has 0 bridgehead atoms. The average Bonchev–Trinajstić information content (AvgIpc) is 2.67. The molecule has 0 aromatic heterocycles. The number of carbonyl (C=O) groups excluding carboxylic acids is 2. The molecule has 0 saturated carbocycles. The number of para-hydroxylation sites is 1. The maximum atomic E-state index is 12.5. The van der Waals surface area contributed by atoms with Gasteiger partial charge in [0.25, 0.3) is 0 Å². The third kappa shape index (κ3) is 8.03. The Morgan fingerprint density at radius 3 is 2.33 bits per heavy atom. The molecule has 0 aliphatic rings. The molecule has 0 fully saturated rings. The topological polar surface area (TPSA) is 64.6 Å². The molecule has 5 nitrogen and oxygen atoms in total. The van der Waals surface area contributed by atoms with Crippen molar-refractivity contribution in [3.63, 3.8) is 0 Å². The second-order valence-corrected chi connectivity index (χ2v) is 9.07. The first kappa shape index (κ1) is 23.7. The Kier molecular flexibility index (Phi) is 8.66. The van der Waals surface area contributed by atoms with Crippen LogP contribution < -0.4 is 10.1 Å². The molecule has 0 heterocycles. The van der Waals surface area contributed by atoms with E-state index >= 15 is 0 Å². The summed E-state index contributed by atoms with van der Waals surface area (Å²) in [4.78, 5) is 24.4. The monoisotopic (exact) mass is 429 g/mol. The fraction of sp³-hybridized carbons (Fsp3) is 0.375. The summed E-state index contributed by atoms with van der Waals surface area (Å²) < 4.78 is 10.8. The van der Waals surface area contributed by atoms with Crippen LogP contribution >= 0.6 is 11.4 Å². The molecule has 0 spiro atoms. The van der Waals surface area contributed by atoms with Gasteiger partial charge < -0.3 is 14.8 Å². The third-order valence-electron chi connectivity index (χ3n) is 4.15. The van der Waals surface area contributed by atoms with Crippen molar-refractivity contribution in [1.82, 2.24) is 5.32 Å². The Morgan fingerprint density at radius 1 is 1.03 bits per heavy atom. The van der Waals surface area contributed by atoms with Gasteiger partial charge in [-0.2, -0.15) is 11.4 Å². The molecule has 2 atom stereocenters. The second kappa shape index (κ2) is 11.0. The van der Waals surface area contributed by atoms with E-state index in [1.165, 1.54) is 16.9 Å². The molecular formula is C24H31NO4S. The van der Waals surface area contributed by atoms with Gasteiger partial charge in [-0.1, -0.05) is 60.8 Å². The van der Waals surface area contributed by atoms with Gasteiger partial charge in [0.05, 0.1) is 0 Å². The molecule has 2 aromatic carbocycles. The fourth-order valence-corrected chi connectivity index (χ4v) is 3.67. The first-order chi connectivity index (χ1) is 14.2. The number of amides is 1. The predicted octanol–water partition coefficient (Wildman–Crippen LogP) is 5.08. The number of benzene rings is 2. The van der Waals surface area contributed by atoms with Crippen LogP contribution in [-0.2, 0) is 15.3 Å². The van der Waals surface area contributed by atoms with Gasteiger partial charge in [-0.3, -0.25) is 0 Å². The molecule has 0 radical (unpaired) electrons. The number of hydrogen-bond donors (Lipinski definition) is 2. The standard InChI is InChI=1S/C24H31NO4S/c1-17(15-30-16-19-11-7-6-8-12-19)20-13-9-10-14-21(20)28-22(26)18(2)25-23(27)29-24(3,4)5/h6-15,17-18,30H,16H2,1-5H3,(H,25,27)/t17-,18?/m0/s1. The zero-order chi connectivity index (χ0) is 22.1. The van der Waals surface area contributed by atoms with Crippen LogP contribution in [0.2, 0.25) is 0 Å². The number of alkyl carbamates (subject to hydrolysis) is 1. The van der Waals surface area contributed by atoms with Crippen LogP contribution in [0.1, 0.15) is 51.7 Å². The van der Waals surface area contributed by atoms with E-state index in [1.54, 1.807) is 33.8 Å². The molecule has 0 saturated heterocycles. The molecule has 0 aliphatic carbocycles. The minimum absolute atomic E-state index is 0.105. The molecule has 1 unspecified atom stereocenters. The summed E-state index contributed by atoms with van der Waals surface area (Å²) in [6.45, 7) is 8.94. The fourth-order valence-electron chi connectivity index (χ4n) is 2.67. The molecule has 2 aromatic rings. The maximum Gasteiger partial charge on any atom is 0.408 e. The highest BCUT2D eigenvalue weighted by molar-refractivity contribution is 7.96. The van der Waals surface area contributed by atoms with Crippen molar-refractivity contribution in [3.8, 4) is 5.75 Å². The normalized spacial score (nSPS) is 13.8. The minimum atomic E-state index is -0.830. The van der Waals surface area contributed by atoms with Crippen molar-refractivity contribution in [2.75, 3.05) is 0 Å². The summed E-state index contributed by atoms with van der Waals surface area (Å²) in [5, 5.41) is 4.71. The lowest BCUT2D eigenvalue weighted by atomic mass is 10.0. The average molecular weight is 430 g/mol. The van der Waals surface area contributed by atoms with Crippen LogP contribution in [0.3, 0.4) is 0 Å². The number of rotatable bonds is 7. The molecule has 30 heavy (non-hydrogen) atoms. The first-order valence-electron chi connectivity index (χ1n) is 9.99. The Bertz CT molecular complexity index is 874. The van der Waals surface area contributed by atoms with Gasteiger partial charge in [-0.05, 0) is 39.3 Å². The Labute approximate surface area is 182 Å². The lowest BCUT2D eigenvalue weighted by Gasteiger charge is -2.21. The van der Waals surface area contributed by atoms with Crippen molar-refractivity contribution in [1.29, 1.82) is 0 Å². The van der Waals surface area contributed by atoms with E-state index in [0.29, 0.717) is 5.75 Å². The molecule has 1 amide bonds. The highest BCUT2D eigenvalue weighted by Crippen LogP contribution is 2.26. The quantitative estimate of drug-likeness (QED) is 0.279. The van der Waals surface area contributed by atoms with E-state index < -0.39 is 23.7 Å². The number of nitrogens with one attached hydrogen (secondary N) is 1. The molecule has 6 heteroatoms. The third-order valence-corrected chi connectivity index (χ3v) is 5.36. The van der Waals surface area contributed by atoms with Crippen molar-refractivity contribution < 1.29 is 19.1 Å². The second-order valence-electron chi connectivity index (χ2n) is 8.09. The smallest absolute Gasteiger partial charge is 0.408 e. The Hall–Kier alpha value is -2.60. The highest BCUT2D eigenvalue weighted by Gasteiger charge is 2.23. The van der Waals surface area contributed by atoms with Crippen LogP contribution in [0.25, 0.3) is 0 Å². The van der Waals surface area contributed by atoms with Crippen LogP contribution in [0.4, 0.5) is 4.79 Å². The Balaban J connectivity index is 2.00. The van der Waals surface area contributed by atoms with Crippen LogP contribution in [0.15, 0.2) is 54.6 Å². The van der Waals surface area contributed by atoms with E-state index in [0.717, 1.165) is 11.3 Å². The zero-order valence-electron chi connectivity index (χ0n) is 18.2. The lowest BCUT2D eigenvalue weighted by Crippen LogP contribution is -2.43. The summed E-state index contributed by atoms with van der Waals surface area (Å²) in [5.41, 5.74) is 1.57. The maximum absolute atomic E-state index is 12.5. The molecule has 2 rings (SSSR count). The SMILES string of the molecule is CC(NC(=O)OC(C)(C)C)C(=O)Oc1ccccc1[C@@H](C)C=[SH]Cc1ccccc1. The molecule has 0 aliphatic heterocycles. The van der Waals surface area contributed by atoms with Gasteiger partial charge in [0.2, 0.25) is 0 Å². The van der Waals surface area contributed by atoms with Gasteiger partial charge in [-0.15, -0.1) is 0 Å². The highest BCUT2D eigenvalue weighted by atomic mass is 32.1. The van der Waals surface area contributed by atoms with Crippen LogP contribution in [0.5, 0.6) is 5.75 Å². The largest absolute Gasteiger partial charge is 0.444 e. The van der Waals surface area contributed by atoms with Gasteiger partial charge in [0.1, 0.15) is 17.4 Å². The van der Waals surface area contributed by atoms with Crippen molar-refractivity contribution >= 4 is 28.8 Å². The van der Waals surface area contributed by atoms with Crippen molar-refractivity contribution in [3.05, 3.63) is 65.7 Å². The van der Waals surface area contributed by atoms with Gasteiger partial charge in [-0.25, -0.2) is 9.59 Å². The molecule has 1 N–H and O–H groups in total. The summed E-state index contributed by atoms with van der Waals surface area (Å²) in [7, 11) is 0. The summed E-state index contributed by atoms with van der Waals surface area (Å²) in [6.07, 6.45) is -0.651. The Morgan fingerprint density at radius 2 is 1.67 bits per heavy atom. The minimum Gasteiger partial charge on any atom is -0.444 e. The van der Waals surface area contributed by atoms with Gasteiger partial charge >= 0.3 is 12.1 Å². The van der Waals surface area contributed by atoms with Crippen molar-refractivity contribution in [2.24, 2.45) is 0 Å². The number of hydrogen-bond acceptors (Lipinski definition) is 4. The zero-order valence-corrected chi connectivity index (χ0v) is 19.1. The van der Waals surface area contributed by atoms with Crippen LogP contribution in [0, 0.1) is 0 Å². The number of ether oxygens (including phenoxy) is 2. The van der Waals surface area contributed by atoms with Gasteiger partial charge in [0, 0.05) is 17.2 Å². The van der Waals surface area contributed by atoms with E-state index in [-0.39, 0.29) is 5.92 Å². The predicted molar refractivity (Wildman–Crippen MR) is 125 cm³/mol. The van der Waals surface area contributed by atoms with Crippen LogP contribution in [-0.4, -0.2) is 29.1 Å². The lowest BCUT2D eigenvalue weighted by molar-refractivity contribution is -0.136. The molecule has 162 valence electrons. The number of esters is 1. The number of thiol groups is 1. The first-order valence-corrected chi connectivity index (χ1v) is 11.1. The summed E-state index contributed by atoms with van der Waals surface area (Å²) in [6, 6.07) is 16.9. The van der Waals surface area contributed by atoms with E-state index in [1.807, 2.05) is 36.4 Å². The molecular weight excluding hydrogens is 398 g/mol. The van der Waals surface area contributed by atoms with E-state index in [2.05, 4.69) is 29.7 Å². The summed E-state index contributed by atoms with van der Waals surface area (Å²) >= 11 is 1.19. The van der Waals surface area contributed by atoms with E-state index in [9.17, 15) is 9.59 Å². The summed E-state index contributed by atoms with van der Waals surface area (Å²) in [5.74, 6) is 0.999.